The molecule has 1 N–H and O–H groups in total. The van der Waals surface area contributed by atoms with Gasteiger partial charge in [-0.2, -0.15) is 0 Å². The van der Waals surface area contributed by atoms with E-state index in [9.17, 15) is 4.79 Å². The highest BCUT2D eigenvalue weighted by atomic mass is 35.5. The second-order valence-electron chi connectivity index (χ2n) is 5.37. The number of rotatable bonds is 5. The number of carbonyl (C=O) groups is 1. The molecule has 2 rings (SSSR count). The number of hydrogen-bond acceptors (Lipinski definition) is 3. The fourth-order valence-electron chi connectivity index (χ4n) is 2.44. The first-order valence-electron chi connectivity index (χ1n) is 7.20. The standard InChI is InChI=1S/C17H21ClN2O3/c1-10-6-12(11(2)20(10)3)7-17(21)19-14-9-15(22-4)13(18)8-16(14)23-5/h6,8-9H,7H2,1-5H3,(H,19,21). The fraction of sp³-hybridized carbons (Fsp3) is 0.353. The van der Waals surface area contributed by atoms with Crippen molar-refractivity contribution in [3.05, 3.63) is 40.2 Å². The summed E-state index contributed by atoms with van der Waals surface area (Å²) in [5, 5.41) is 3.28. The van der Waals surface area contributed by atoms with E-state index in [1.54, 1.807) is 12.1 Å². The van der Waals surface area contributed by atoms with Gasteiger partial charge >= 0.3 is 0 Å². The molecule has 0 bridgehead atoms. The Bertz CT molecular complexity index is 738. The first kappa shape index (κ1) is 17.2. The molecule has 0 aliphatic carbocycles. The highest BCUT2D eigenvalue weighted by molar-refractivity contribution is 6.32. The van der Waals surface area contributed by atoms with Gasteiger partial charge in [-0.15, -0.1) is 0 Å². The zero-order chi connectivity index (χ0) is 17.1. The van der Waals surface area contributed by atoms with Crippen LogP contribution in [0.3, 0.4) is 0 Å². The Balaban J connectivity index is 2.21. The van der Waals surface area contributed by atoms with E-state index in [4.69, 9.17) is 21.1 Å². The Morgan fingerprint density at radius 2 is 1.83 bits per heavy atom. The number of hydrogen-bond donors (Lipinski definition) is 1. The Hall–Kier alpha value is -2.14. The predicted molar refractivity (Wildman–Crippen MR) is 91.8 cm³/mol. The molecule has 6 heteroatoms. The summed E-state index contributed by atoms with van der Waals surface area (Å²) >= 11 is 6.07. The van der Waals surface area contributed by atoms with Gasteiger partial charge in [-0.1, -0.05) is 11.6 Å². The molecule has 23 heavy (non-hydrogen) atoms. The monoisotopic (exact) mass is 336 g/mol. The minimum absolute atomic E-state index is 0.124. The van der Waals surface area contributed by atoms with Crippen molar-refractivity contribution in [2.45, 2.75) is 20.3 Å². The highest BCUT2D eigenvalue weighted by Gasteiger charge is 2.15. The predicted octanol–water partition coefficient (Wildman–Crippen LogP) is 3.49. The molecule has 0 saturated heterocycles. The Labute approximate surface area is 141 Å². The molecule has 0 aliphatic rings. The average molecular weight is 337 g/mol. The molecule has 0 saturated carbocycles. The molecule has 0 radical (unpaired) electrons. The van der Waals surface area contributed by atoms with Crippen LogP contribution in [0.15, 0.2) is 18.2 Å². The Morgan fingerprint density at radius 3 is 2.35 bits per heavy atom. The molecule has 1 amide bonds. The summed E-state index contributed by atoms with van der Waals surface area (Å²) in [5.74, 6) is 0.848. The minimum Gasteiger partial charge on any atom is -0.495 e. The van der Waals surface area contributed by atoms with Gasteiger partial charge in [0.25, 0.3) is 0 Å². The lowest BCUT2D eigenvalue weighted by atomic mass is 10.1. The topological polar surface area (TPSA) is 52.5 Å². The normalized spacial score (nSPS) is 10.5. The number of halogens is 1. The van der Waals surface area contributed by atoms with Gasteiger partial charge in [0.1, 0.15) is 11.5 Å². The molecule has 1 heterocycles. The number of benzene rings is 1. The summed E-state index contributed by atoms with van der Waals surface area (Å²) in [5.41, 5.74) is 3.74. The maximum Gasteiger partial charge on any atom is 0.228 e. The van der Waals surface area contributed by atoms with Crippen molar-refractivity contribution in [1.29, 1.82) is 0 Å². The van der Waals surface area contributed by atoms with Gasteiger partial charge in [-0.05, 0) is 25.5 Å². The number of methoxy groups -OCH3 is 2. The first-order chi connectivity index (χ1) is 10.9. The lowest BCUT2D eigenvalue weighted by Crippen LogP contribution is -2.15. The molecule has 0 atom stereocenters. The number of aryl methyl sites for hydroxylation is 1. The van der Waals surface area contributed by atoms with Gasteiger partial charge in [0, 0.05) is 30.6 Å². The fourth-order valence-corrected chi connectivity index (χ4v) is 2.67. The number of carbonyl (C=O) groups excluding carboxylic acids is 1. The zero-order valence-corrected chi connectivity index (χ0v) is 14.7. The molecule has 124 valence electrons. The highest BCUT2D eigenvalue weighted by Crippen LogP contribution is 2.35. The lowest BCUT2D eigenvalue weighted by molar-refractivity contribution is -0.115. The van der Waals surface area contributed by atoms with E-state index in [2.05, 4.69) is 9.88 Å². The van der Waals surface area contributed by atoms with Crippen molar-refractivity contribution >= 4 is 23.2 Å². The van der Waals surface area contributed by atoms with E-state index in [-0.39, 0.29) is 5.91 Å². The largest absolute Gasteiger partial charge is 0.495 e. The SMILES string of the molecule is COc1cc(NC(=O)Cc2cc(C)n(C)c2C)c(OC)cc1Cl. The van der Waals surface area contributed by atoms with E-state index in [0.29, 0.717) is 28.6 Å². The third-order valence-corrected chi connectivity index (χ3v) is 4.27. The van der Waals surface area contributed by atoms with Crippen molar-refractivity contribution in [3.63, 3.8) is 0 Å². The van der Waals surface area contributed by atoms with Crippen LogP contribution in [-0.4, -0.2) is 24.7 Å². The molecule has 0 spiro atoms. The maximum atomic E-state index is 12.4. The molecule has 1 aromatic carbocycles. The summed E-state index contributed by atoms with van der Waals surface area (Å²) < 4.78 is 12.5. The van der Waals surface area contributed by atoms with E-state index in [0.717, 1.165) is 17.0 Å². The smallest absolute Gasteiger partial charge is 0.228 e. The van der Waals surface area contributed by atoms with Gasteiger partial charge in [0.2, 0.25) is 5.91 Å². The number of aromatic nitrogens is 1. The lowest BCUT2D eigenvalue weighted by Gasteiger charge is -2.13. The van der Waals surface area contributed by atoms with Crippen molar-refractivity contribution < 1.29 is 14.3 Å². The molecular formula is C17H21ClN2O3. The van der Waals surface area contributed by atoms with Gasteiger partial charge in [0.15, 0.2) is 0 Å². The van der Waals surface area contributed by atoms with Crippen LogP contribution < -0.4 is 14.8 Å². The van der Waals surface area contributed by atoms with Gasteiger partial charge in [-0.3, -0.25) is 4.79 Å². The minimum atomic E-state index is -0.124. The van der Waals surface area contributed by atoms with Crippen LogP contribution in [0.2, 0.25) is 5.02 Å². The van der Waals surface area contributed by atoms with Crippen molar-refractivity contribution in [2.24, 2.45) is 7.05 Å². The van der Waals surface area contributed by atoms with Crippen LogP contribution in [-0.2, 0) is 18.3 Å². The molecule has 0 unspecified atom stereocenters. The van der Waals surface area contributed by atoms with Crippen LogP contribution >= 0.6 is 11.6 Å². The van der Waals surface area contributed by atoms with Crippen LogP contribution in [0.25, 0.3) is 0 Å². The quantitative estimate of drug-likeness (QED) is 0.909. The molecule has 5 nitrogen and oxygen atoms in total. The van der Waals surface area contributed by atoms with Crippen LogP contribution in [0.5, 0.6) is 11.5 Å². The van der Waals surface area contributed by atoms with Gasteiger partial charge < -0.3 is 19.4 Å². The summed E-state index contributed by atoms with van der Waals surface area (Å²) in [4.78, 5) is 12.4. The molecule has 0 aliphatic heterocycles. The van der Waals surface area contributed by atoms with Crippen molar-refractivity contribution in [1.82, 2.24) is 4.57 Å². The number of anilines is 1. The van der Waals surface area contributed by atoms with E-state index in [1.807, 2.05) is 27.0 Å². The number of nitrogens with one attached hydrogen (secondary N) is 1. The average Bonchev–Trinajstić information content (AvgIpc) is 2.75. The summed E-state index contributed by atoms with van der Waals surface area (Å²) in [6.07, 6.45) is 0.293. The first-order valence-corrected chi connectivity index (χ1v) is 7.58. The van der Waals surface area contributed by atoms with Crippen LogP contribution in [0.1, 0.15) is 17.0 Å². The maximum absolute atomic E-state index is 12.4. The van der Waals surface area contributed by atoms with E-state index < -0.39 is 0 Å². The Kier molecular flexibility index (Phi) is 5.21. The number of amides is 1. The van der Waals surface area contributed by atoms with Gasteiger partial charge in [-0.25, -0.2) is 0 Å². The number of ether oxygens (including phenoxy) is 2. The third-order valence-electron chi connectivity index (χ3n) is 3.98. The molecule has 2 aromatic rings. The van der Waals surface area contributed by atoms with Crippen molar-refractivity contribution in [3.8, 4) is 11.5 Å². The van der Waals surface area contributed by atoms with E-state index >= 15 is 0 Å². The molecule has 0 fully saturated rings. The third kappa shape index (κ3) is 3.62. The Morgan fingerprint density at radius 1 is 1.17 bits per heavy atom. The second-order valence-corrected chi connectivity index (χ2v) is 5.77. The van der Waals surface area contributed by atoms with Crippen molar-refractivity contribution in [2.75, 3.05) is 19.5 Å². The molecule has 1 aromatic heterocycles. The summed E-state index contributed by atoms with van der Waals surface area (Å²) in [6.45, 7) is 4.02. The zero-order valence-electron chi connectivity index (χ0n) is 14.0. The summed E-state index contributed by atoms with van der Waals surface area (Å²) in [7, 11) is 5.03. The summed E-state index contributed by atoms with van der Waals surface area (Å²) in [6, 6.07) is 5.30. The van der Waals surface area contributed by atoms with Crippen LogP contribution in [0, 0.1) is 13.8 Å². The number of nitrogens with zero attached hydrogens (tertiary/aromatic N) is 1. The second kappa shape index (κ2) is 6.96. The van der Waals surface area contributed by atoms with Gasteiger partial charge in [0.05, 0.1) is 31.4 Å². The molecular weight excluding hydrogens is 316 g/mol. The van der Waals surface area contributed by atoms with E-state index in [1.165, 1.54) is 14.2 Å². The van der Waals surface area contributed by atoms with Crippen LogP contribution in [0.4, 0.5) is 5.69 Å².